The Hall–Kier alpha value is -13.3. The number of aliphatic carboxylic acids is 1. The minimum absolute atomic E-state index is 0.0191. The molecule has 10 atom stereocenters. The molecule has 2 N–H and O–H groups in total. The highest BCUT2D eigenvalue weighted by molar-refractivity contribution is 7.88. The number of allylic oxidation sites excluding steroid dienone is 1. The molecular formula is C108H112F13N13O9S. The van der Waals surface area contributed by atoms with Crippen molar-refractivity contribution in [2.75, 3.05) is 14.2 Å². The van der Waals surface area contributed by atoms with Gasteiger partial charge in [-0.2, -0.15) is 47.1 Å². The first-order chi connectivity index (χ1) is 68.7. The van der Waals surface area contributed by atoms with Crippen molar-refractivity contribution >= 4 is 27.8 Å². The third-order valence-corrected chi connectivity index (χ3v) is 28.2. The average Bonchev–Trinajstić information content (AvgIpc) is 1.50. The van der Waals surface area contributed by atoms with Crippen molar-refractivity contribution in [3.8, 4) is 62.2 Å². The molecule has 0 aliphatic heterocycles. The van der Waals surface area contributed by atoms with E-state index in [-0.39, 0.29) is 114 Å². The molecule has 5 saturated carbocycles. The van der Waals surface area contributed by atoms with Crippen LogP contribution in [-0.4, -0.2) is 117 Å². The fraction of sp³-hybridized carbons (Fsp3) is 0.398. The normalized spacial score (nSPS) is 21.7. The molecule has 1 amide bonds. The number of pyridine rings is 2. The molecule has 10 bridgehead atoms. The Bertz CT molecular complexity index is 6850. The Balaban J connectivity index is 0.000000146. The third-order valence-electron chi connectivity index (χ3n) is 27.3. The van der Waals surface area contributed by atoms with E-state index in [1.165, 1.54) is 129 Å². The van der Waals surface area contributed by atoms with E-state index in [4.69, 9.17) is 4.84 Å². The smallest absolute Gasteiger partial charge is 0.481 e. The number of carboxylic acid groups (broad SMARTS) is 1. The number of carbonyl (C=O) groups excluding carboxylic acids is 2. The number of ketones is 1. The van der Waals surface area contributed by atoms with E-state index in [2.05, 4.69) is 141 Å². The molecule has 0 saturated heterocycles. The van der Waals surface area contributed by atoms with Crippen LogP contribution in [0.4, 0.5) is 57.1 Å². The molecule has 22 rings (SSSR count). The quantitative estimate of drug-likeness (QED) is 0.0336. The second-order valence-corrected chi connectivity index (χ2v) is 39.0. The van der Waals surface area contributed by atoms with Gasteiger partial charge in [-0.15, -0.1) is 25.5 Å². The van der Waals surface area contributed by atoms with E-state index in [1.54, 1.807) is 49.5 Å². The fourth-order valence-corrected chi connectivity index (χ4v) is 21.7. The molecule has 10 aliphatic rings. The number of nitrogens with zero attached hydrogens (tertiary/aromatic N) is 12. The standard InChI is InChI=1S/C21H14F5N3O3S.C20H15F2N3O.C18H17F2N3O2.C18H14F2N2O.C16H12F2N2O2.5C3H8/c22-13-3-1-4-14(23)18(13)15-9-12-11-7-8-20(10-11,19(12)29-28-15)16-5-2-6-17(27-16)32-33(30,31)21(24,25)26;21-13-3-1-4-14(22)18(13)15-9-12-11-7-8-20(10-11,19(12)25-24-15)16-5-2-6-17(26)23-16;1-23(25-2)17(24)18-7-6-10(9-18)11-8-14(21-22-16(11)18)15-12(19)4-3-5-13(15)20;1-2-15(23)18-7-6-10(9-18)11-8-14(21-22-17(11)18)16-12(19)4-3-5-13(16)20;17-10-2-1-3-11(18)13(10)12-6-9-8-4-5-16(7-8,15(21)22)14(9)20-19-12;5*1-3-2/h1-6,9,11H,7-8,10H2;1-6,9,11H,7-8,10H2,(H,23,26);3-5,8,10H,6-7,9H2,1-2H3;2-5,8,10H,1,6-7,9H2;1-3,6,8H,4-5,7H2,(H,21,22);5*3H2,1-2H3/t2*11-,20+;10-,18-;10-,18+;8-,16-;;;;;/m11111...../s1. The van der Waals surface area contributed by atoms with Gasteiger partial charge in [0.1, 0.15) is 63.6 Å². The molecule has 12 aromatic rings. The molecule has 0 radical (unpaired) electrons. The Labute approximate surface area is 826 Å². The van der Waals surface area contributed by atoms with Gasteiger partial charge in [-0.05, 0) is 263 Å². The van der Waals surface area contributed by atoms with E-state index < -0.39 is 107 Å². The molecule has 22 nitrogen and oxygen atoms in total. The minimum atomic E-state index is -5.87. The number of likely N-dealkylation sites (N-methyl/N-ethyl adjacent to an activating group) is 1. The lowest BCUT2D eigenvalue weighted by Gasteiger charge is -2.29. The predicted molar refractivity (Wildman–Crippen MR) is 516 cm³/mol. The highest BCUT2D eigenvalue weighted by atomic mass is 32.2. The first-order valence-corrected chi connectivity index (χ1v) is 49.7. The summed E-state index contributed by atoms with van der Waals surface area (Å²) in [7, 11) is -2.87. The maximum absolute atomic E-state index is 14.2. The minimum Gasteiger partial charge on any atom is -0.481 e. The topological polar surface area (TPSA) is 302 Å². The second kappa shape index (κ2) is 44.9. The van der Waals surface area contributed by atoms with Crippen LogP contribution in [0.5, 0.6) is 5.88 Å². The van der Waals surface area contributed by atoms with Crippen LogP contribution in [-0.2, 0) is 56.4 Å². The fourth-order valence-electron chi connectivity index (χ4n) is 21.3. The van der Waals surface area contributed by atoms with Gasteiger partial charge < -0.3 is 14.3 Å². The maximum atomic E-state index is 14.2. The van der Waals surface area contributed by atoms with Crippen LogP contribution in [0.3, 0.4) is 0 Å². The number of aromatic nitrogens is 12. The molecule has 0 unspecified atom stereocenters. The van der Waals surface area contributed by atoms with Crippen LogP contribution in [0.15, 0.2) is 175 Å². The summed E-state index contributed by atoms with van der Waals surface area (Å²) >= 11 is 0. The molecule has 144 heavy (non-hydrogen) atoms. The van der Waals surface area contributed by atoms with E-state index >= 15 is 0 Å². The monoisotopic (exact) mass is 2010 g/mol. The number of alkyl halides is 3. The molecule has 0 spiro atoms. The number of hydroxylamine groups is 2. The zero-order chi connectivity index (χ0) is 104. The van der Waals surface area contributed by atoms with Crippen LogP contribution in [0.1, 0.15) is 295 Å². The number of nitrogens with one attached hydrogen (secondary N) is 1. The number of hydrogen-bond acceptors (Lipinski definition) is 19. The van der Waals surface area contributed by atoms with Crippen LogP contribution in [0, 0.1) is 58.2 Å². The zero-order valence-corrected chi connectivity index (χ0v) is 82.5. The lowest BCUT2D eigenvalue weighted by molar-refractivity contribution is -0.175. The Kier molecular flexibility index (Phi) is 33.7. The molecule has 760 valence electrons. The average molecular weight is 2020 g/mol. The van der Waals surface area contributed by atoms with Crippen LogP contribution >= 0.6 is 0 Å². The Morgan fingerprint density at radius 2 is 0.701 bits per heavy atom. The summed E-state index contributed by atoms with van der Waals surface area (Å²) in [5, 5.41) is 51.9. The number of fused-ring (bicyclic) bond motifs is 25. The van der Waals surface area contributed by atoms with Crippen molar-refractivity contribution in [1.82, 2.24) is 66.0 Å². The van der Waals surface area contributed by atoms with Gasteiger partial charge in [-0.3, -0.25) is 24.0 Å². The van der Waals surface area contributed by atoms with Gasteiger partial charge in [0.05, 0.1) is 119 Å². The number of carbonyl (C=O) groups is 3. The summed E-state index contributed by atoms with van der Waals surface area (Å²) in [6, 6.07) is 35.6. The SMILES string of the molecule is C=CC(=O)[C@]12CC[C@H](C1)c1cc(-c3c(F)cccc3F)nnc12.CCC.CCC.CCC.CCC.CCC.CON(C)C(=O)[C@]12CC[C@H](C1)c1cc(-c3c(F)cccc3F)nnc12.O=C(O)[C@]12CC[C@H](C1)c1cc(-c3c(F)cccc3F)nnc12.O=S(=O)(Oc1cccc([C@]23CC[C@H](C2)c2cc(-c4c(F)cccc4F)nnc23)n1)C(F)(F)F.O=c1cccc([C@]23CC[C@H](C2)c2cc(-c4c(F)cccc4F)nnc23)[nH]1. The summed E-state index contributed by atoms with van der Waals surface area (Å²) in [4.78, 5) is 60.5. The van der Waals surface area contributed by atoms with Crippen LogP contribution in [0.2, 0.25) is 0 Å². The van der Waals surface area contributed by atoms with Gasteiger partial charge in [0.2, 0.25) is 11.4 Å². The van der Waals surface area contributed by atoms with Crippen molar-refractivity contribution in [3.05, 3.63) is 307 Å². The molecule has 10 aliphatic carbocycles. The van der Waals surface area contributed by atoms with Crippen molar-refractivity contribution in [2.45, 2.75) is 260 Å². The number of benzene rings is 5. The number of H-pyrrole nitrogens is 1. The number of carboxylic acids is 1. The summed E-state index contributed by atoms with van der Waals surface area (Å²) in [6.45, 7) is 24.8. The number of aromatic amines is 1. The van der Waals surface area contributed by atoms with Gasteiger partial charge in [0, 0.05) is 24.9 Å². The van der Waals surface area contributed by atoms with E-state index in [0.29, 0.717) is 74.1 Å². The molecule has 5 fully saturated rings. The van der Waals surface area contributed by atoms with E-state index in [0.717, 1.165) is 114 Å². The Morgan fingerprint density at radius 1 is 0.417 bits per heavy atom. The number of rotatable bonds is 14. The summed E-state index contributed by atoms with van der Waals surface area (Å²) in [5.41, 5.74) is -1.22. The third kappa shape index (κ3) is 20.7. The highest BCUT2D eigenvalue weighted by Gasteiger charge is 2.61. The Morgan fingerprint density at radius 3 is 1.06 bits per heavy atom. The molecular weight excluding hydrogens is 1900 g/mol. The highest BCUT2D eigenvalue weighted by Crippen LogP contribution is 2.64. The largest absolute Gasteiger partial charge is 0.534 e. The van der Waals surface area contributed by atoms with Crippen molar-refractivity contribution in [3.63, 3.8) is 0 Å². The first-order valence-electron chi connectivity index (χ1n) is 48.3. The van der Waals surface area contributed by atoms with Gasteiger partial charge in [0.25, 0.3) is 5.91 Å². The van der Waals surface area contributed by atoms with Crippen molar-refractivity contribution < 1.29 is 94.0 Å². The van der Waals surface area contributed by atoms with E-state index in [1.807, 2.05) is 6.07 Å². The summed E-state index contributed by atoms with van der Waals surface area (Å²) < 4.78 is 205. The van der Waals surface area contributed by atoms with Gasteiger partial charge >= 0.3 is 21.6 Å². The van der Waals surface area contributed by atoms with Gasteiger partial charge in [0.15, 0.2) is 5.78 Å². The zero-order valence-electron chi connectivity index (χ0n) is 81.7. The molecule has 36 heteroatoms. The van der Waals surface area contributed by atoms with Crippen molar-refractivity contribution in [1.29, 1.82) is 0 Å². The molecule has 7 heterocycles. The maximum Gasteiger partial charge on any atom is 0.534 e. The molecule has 7 aromatic heterocycles. The van der Waals surface area contributed by atoms with Crippen LogP contribution < -0.4 is 9.74 Å². The van der Waals surface area contributed by atoms with E-state index in [9.17, 15) is 89.8 Å². The van der Waals surface area contributed by atoms with Gasteiger partial charge in [-0.1, -0.05) is 150 Å². The number of halogens is 13. The summed E-state index contributed by atoms with van der Waals surface area (Å²) in [5.74, 6) is -8.10. The first kappa shape index (κ1) is 108. The van der Waals surface area contributed by atoms with Crippen molar-refractivity contribution in [2.24, 2.45) is 0 Å². The lowest BCUT2D eigenvalue weighted by atomic mass is 9.79. The van der Waals surface area contributed by atoms with Gasteiger partial charge in [-0.25, -0.2) is 54.0 Å². The lowest BCUT2D eigenvalue weighted by Crippen LogP contribution is -2.43. The van der Waals surface area contributed by atoms with Crippen LogP contribution in [0.25, 0.3) is 56.3 Å². The predicted octanol–water partition coefficient (Wildman–Crippen LogP) is 25.1. The number of amides is 1. The second-order valence-electron chi connectivity index (χ2n) is 37.4. The number of hydrogen-bond donors (Lipinski definition) is 2. The molecule has 5 aromatic carbocycles. The summed E-state index contributed by atoms with van der Waals surface area (Å²) in [6.07, 6.45) is 18.2.